The van der Waals surface area contributed by atoms with Crippen molar-refractivity contribution in [2.75, 3.05) is 12.4 Å². The van der Waals surface area contributed by atoms with Crippen LogP contribution in [0.15, 0.2) is 24.3 Å². The van der Waals surface area contributed by atoms with Crippen LogP contribution in [0.4, 0.5) is 0 Å². The van der Waals surface area contributed by atoms with Crippen LogP contribution in [0.5, 0.6) is 0 Å². The van der Waals surface area contributed by atoms with Gasteiger partial charge in [-0.1, -0.05) is 18.2 Å². The zero-order valence-electron chi connectivity index (χ0n) is 8.35. The van der Waals surface area contributed by atoms with E-state index in [0.717, 1.165) is 17.7 Å². The van der Waals surface area contributed by atoms with Crippen LogP contribution < -0.4 is 0 Å². The maximum Gasteiger partial charge on any atom is 0.335 e. The van der Waals surface area contributed by atoms with Gasteiger partial charge in [0.2, 0.25) is 0 Å². The second-order valence-corrected chi connectivity index (χ2v) is 4.20. The molecule has 0 aliphatic carbocycles. The molecule has 0 bridgehead atoms. The number of aliphatic hydroxyl groups is 1. The van der Waals surface area contributed by atoms with E-state index in [1.807, 2.05) is 12.1 Å². The fraction of sp³-hybridized carbons (Fsp3) is 0.364. The largest absolute Gasteiger partial charge is 0.478 e. The minimum atomic E-state index is -0.881. The van der Waals surface area contributed by atoms with Crippen LogP contribution in [0.1, 0.15) is 22.3 Å². The Morgan fingerprint density at radius 3 is 2.73 bits per heavy atom. The molecule has 1 rings (SSSR count). The average molecular weight is 226 g/mol. The summed E-state index contributed by atoms with van der Waals surface area (Å²) in [5, 5.41) is 17.5. The molecule has 1 aromatic rings. The SMILES string of the molecule is O=C(O)c1ccccc1CSCCCO. The standard InChI is InChI=1S/C11H14O3S/c12-6-3-7-15-8-9-4-1-2-5-10(9)11(13)14/h1-2,4-5,12H,3,6-8H2,(H,13,14). The lowest BCUT2D eigenvalue weighted by Gasteiger charge is -2.04. The van der Waals surface area contributed by atoms with E-state index in [-0.39, 0.29) is 6.61 Å². The topological polar surface area (TPSA) is 57.5 Å². The lowest BCUT2D eigenvalue weighted by molar-refractivity contribution is 0.0696. The molecule has 15 heavy (non-hydrogen) atoms. The molecule has 2 N–H and O–H groups in total. The van der Waals surface area contributed by atoms with Crippen LogP contribution in [0.25, 0.3) is 0 Å². The summed E-state index contributed by atoms with van der Waals surface area (Å²) in [5.74, 6) is 0.653. The first kappa shape index (κ1) is 12.1. The number of aliphatic hydroxyl groups excluding tert-OH is 1. The number of carboxylic acids is 1. The van der Waals surface area contributed by atoms with Gasteiger partial charge < -0.3 is 10.2 Å². The number of rotatable bonds is 6. The highest BCUT2D eigenvalue weighted by atomic mass is 32.2. The maximum atomic E-state index is 10.9. The fourth-order valence-electron chi connectivity index (χ4n) is 1.20. The molecule has 3 nitrogen and oxygen atoms in total. The zero-order valence-corrected chi connectivity index (χ0v) is 9.17. The summed E-state index contributed by atoms with van der Waals surface area (Å²) in [5.41, 5.74) is 1.21. The van der Waals surface area contributed by atoms with E-state index in [0.29, 0.717) is 11.3 Å². The van der Waals surface area contributed by atoms with Crippen LogP contribution in [-0.2, 0) is 5.75 Å². The van der Waals surface area contributed by atoms with Crippen molar-refractivity contribution in [1.29, 1.82) is 0 Å². The van der Waals surface area contributed by atoms with E-state index < -0.39 is 5.97 Å². The summed E-state index contributed by atoms with van der Waals surface area (Å²) in [6.45, 7) is 0.188. The molecular formula is C11H14O3S. The highest BCUT2D eigenvalue weighted by Gasteiger charge is 2.07. The van der Waals surface area contributed by atoms with Crippen molar-refractivity contribution in [2.24, 2.45) is 0 Å². The van der Waals surface area contributed by atoms with Gasteiger partial charge in [0.15, 0.2) is 0 Å². The summed E-state index contributed by atoms with van der Waals surface area (Å²) in [4.78, 5) is 10.9. The second-order valence-electron chi connectivity index (χ2n) is 3.09. The van der Waals surface area contributed by atoms with Crippen LogP contribution in [0, 0.1) is 0 Å². The Balaban J connectivity index is 2.56. The zero-order chi connectivity index (χ0) is 11.1. The van der Waals surface area contributed by atoms with E-state index in [1.54, 1.807) is 23.9 Å². The number of carbonyl (C=O) groups is 1. The fourth-order valence-corrected chi connectivity index (χ4v) is 2.15. The quantitative estimate of drug-likeness (QED) is 0.728. The molecule has 0 aliphatic rings. The normalized spacial score (nSPS) is 10.2. The molecule has 0 spiro atoms. The van der Waals surface area contributed by atoms with Crippen molar-refractivity contribution < 1.29 is 15.0 Å². The number of benzene rings is 1. The van der Waals surface area contributed by atoms with Crippen molar-refractivity contribution >= 4 is 17.7 Å². The number of aromatic carboxylic acids is 1. The minimum Gasteiger partial charge on any atom is -0.478 e. The second kappa shape index (κ2) is 6.48. The molecule has 1 aromatic carbocycles. The van der Waals surface area contributed by atoms with Gasteiger partial charge in [0.25, 0.3) is 0 Å². The van der Waals surface area contributed by atoms with Crippen LogP contribution in [0.2, 0.25) is 0 Å². The molecule has 0 saturated heterocycles. The minimum absolute atomic E-state index is 0.188. The third kappa shape index (κ3) is 3.93. The van der Waals surface area contributed by atoms with Gasteiger partial charge in [0, 0.05) is 12.4 Å². The smallest absolute Gasteiger partial charge is 0.335 e. The summed E-state index contributed by atoms with van der Waals surface area (Å²) >= 11 is 1.64. The molecule has 0 fully saturated rings. The van der Waals surface area contributed by atoms with Gasteiger partial charge in [-0.3, -0.25) is 0 Å². The average Bonchev–Trinajstić information content (AvgIpc) is 2.25. The van der Waals surface area contributed by atoms with E-state index in [1.165, 1.54) is 0 Å². The van der Waals surface area contributed by atoms with E-state index in [2.05, 4.69) is 0 Å². The predicted molar refractivity (Wildman–Crippen MR) is 61.3 cm³/mol. The van der Waals surface area contributed by atoms with Gasteiger partial charge in [-0.05, 0) is 23.8 Å². The van der Waals surface area contributed by atoms with Crippen LogP contribution in [0.3, 0.4) is 0 Å². The first-order valence-electron chi connectivity index (χ1n) is 4.75. The van der Waals surface area contributed by atoms with Crippen molar-refractivity contribution in [1.82, 2.24) is 0 Å². The number of hydrogen-bond acceptors (Lipinski definition) is 3. The molecule has 0 heterocycles. The first-order valence-corrected chi connectivity index (χ1v) is 5.91. The molecule has 0 amide bonds. The number of thioether (sulfide) groups is 1. The highest BCUT2D eigenvalue weighted by Crippen LogP contribution is 2.17. The molecule has 0 unspecified atom stereocenters. The van der Waals surface area contributed by atoms with Gasteiger partial charge in [0.05, 0.1) is 5.56 Å². The molecule has 0 aliphatic heterocycles. The Bertz CT molecular complexity index is 325. The lowest BCUT2D eigenvalue weighted by Crippen LogP contribution is -2.01. The molecular weight excluding hydrogens is 212 g/mol. The molecule has 4 heteroatoms. The monoisotopic (exact) mass is 226 g/mol. The Morgan fingerprint density at radius 2 is 2.07 bits per heavy atom. The van der Waals surface area contributed by atoms with E-state index in [9.17, 15) is 4.79 Å². The number of hydrogen-bond donors (Lipinski definition) is 2. The predicted octanol–water partition coefficient (Wildman–Crippen LogP) is 2.00. The van der Waals surface area contributed by atoms with Crippen molar-refractivity contribution in [3.63, 3.8) is 0 Å². The van der Waals surface area contributed by atoms with Gasteiger partial charge in [-0.15, -0.1) is 0 Å². The molecule has 0 aromatic heterocycles. The Kier molecular flexibility index (Phi) is 5.21. The summed E-state index contributed by atoms with van der Waals surface area (Å²) in [6.07, 6.45) is 0.750. The Hall–Kier alpha value is -1.00. The maximum absolute atomic E-state index is 10.9. The Labute approximate surface area is 93.1 Å². The number of carboxylic acid groups (broad SMARTS) is 1. The summed E-state index contributed by atoms with van der Waals surface area (Å²) < 4.78 is 0. The molecule has 0 saturated carbocycles. The third-order valence-corrected chi connectivity index (χ3v) is 3.04. The molecule has 0 radical (unpaired) electrons. The van der Waals surface area contributed by atoms with Crippen molar-refractivity contribution in [3.05, 3.63) is 35.4 Å². The van der Waals surface area contributed by atoms with Crippen molar-refractivity contribution in [2.45, 2.75) is 12.2 Å². The van der Waals surface area contributed by atoms with Crippen LogP contribution >= 0.6 is 11.8 Å². The van der Waals surface area contributed by atoms with Gasteiger partial charge in [-0.25, -0.2) is 4.79 Å². The highest BCUT2D eigenvalue weighted by molar-refractivity contribution is 7.98. The summed E-state index contributed by atoms with van der Waals surface area (Å²) in [7, 11) is 0. The van der Waals surface area contributed by atoms with Gasteiger partial charge in [-0.2, -0.15) is 11.8 Å². The molecule has 82 valence electrons. The van der Waals surface area contributed by atoms with E-state index >= 15 is 0 Å². The van der Waals surface area contributed by atoms with E-state index in [4.69, 9.17) is 10.2 Å². The third-order valence-electron chi connectivity index (χ3n) is 1.95. The lowest BCUT2D eigenvalue weighted by atomic mass is 10.1. The van der Waals surface area contributed by atoms with Gasteiger partial charge in [0.1, 0.15) is 0 Å². The van der Waals surface area contributed by atoms with Gasteiger partial charge >= 0.3 is 5.97 Å². The summed E-state index contributed by atoms with van der Waals surface area (Å²) in [6, 6.07) is 7.01. The molecule has 0 atom stereocenters. The Morgan fingerprint density at radius 1 is 1.33 bits per heavy atom. The van der Waals surface area contributed by atoms with Crippen molar-refractivity contribution in [3.8, 4) is 0 Å². The first-order chi connectivity index (χ1) is 7.25. The van der Waals surface area contributed by atoms with Crippen LogP contribution in [-0.4, -0.2) is 28.5 Å².